The minimum Gasteiger partial charge on any atom is -0.329 e. The molecule has 0 saturated heterocycles. The summed E-state index contributed by atoms with van der Waals surface area (Å²) < 4.78 is 0. The van der Waals surface area contributed by atoms with Gasteiger partial charge in [-0.1, -0.05) is 30.3 Å². The first kappa shape index (κ1) is 17.4. The highest BCUT2D eigenvalue weighted by Gasteiger charge is 2.12. The number of rotatable bonds is 5. The molecule has 0 spiro atoms. The molecule has 1 N–H and O–H groups in total. The van der Waals surface area contributed by atoms with Crippen molar-refractivity contribution in [3.63, 3.8) is 0 Å². The molecule has 0 unspecified atom stereocenters. The molecule has 0 aliphatic carbocycles. The van der Waals surface area contributed by atoms with Crippen molar-refractivity contribution in [2.75, 3.05) is 17.3 Å². The van der Waals surface area contributed by atoms with Crippen molar-refractivity contribution in [2.24, 2.45) is 0 Å². The lowest BCUT2D eigenvalue weighted by Crippen LogP contribution is -2.16. The maximum absolute atomic E-state index is 12.5. The summed E-state index contributed by atoms with van der Waals surface area (Å²) in [5.74, 6) is 0.329. The fourth-order valence-electron chi connectivity index (χ4n) is 2.60. The summed E-state index contributed by atoms with van der Waals surface area (Å²) in [6, 6.07) is 20.3. The van der Waals surface area contributed by atoms with Crippen molar-refractivity contribution in [1.82, 2.24) is 4.98 Å². The zero-order valence-electron chi connectivity index (χ0n) is 14.6. The second kappa shape index (κ2) is 7.61. The fraction of sp³-hybridized carbons (Fsp3) is 0.0952. The number of hydrogen-bond donors (Lipinski definition) is 1. The number of benzene rings is 2. The maximum Gasteiger partial charge on any atom is 0.257 e. The minimum absolute atomic E-state index is 0.0983. The summed E-state index contributed by atoms with van der Waals surface area (Å²) in [5.41, 5.74) is 2.41. The normalized spacial score (nSPS) is 10.2. The van der Waals surface area contributed by atoms with Crippen molar-refractivity contribution >= 4 is 28.9 Å². The highest BCUT2D eigenvalue weighted by Crippen LogP contribution is 2.21. The molecule has 0 atom stereocenters. The summed E-state index contributed by atoms with van der Waals surface area (Å²) >= 11 is 0. The molecule has 3 aromatic rings. The number of amides is 1. The Bertz CT molecular complexity index is 922. The van der Waals surface area contributed by atoms with E-state index in [1.54, 1.807) is 36.4 Å². The van der Waals surface area contributed by atoms with Crippen LogP contribution in [0, 0.1) is 0 Å². The lowest BCUT2D eigenvalue weighted by molar-refractivity contribution is 0.101. The minimum atomic E-state index is -0.305. The number of anilines is 3. The van der Waals surface area contributed by atoms with Gasteiger partial charge in [0.25, 0.3) is 5.91 Å². The Morgan fingerprint density at radius 2 is 1.62 bits per heavy atom. The van der Waals surface area contributed by atoms with E-state index in [1.165, 1.54) is 13.1 Å². The van der Waals surface area contributed by atoms with Gasteiger partial charge in [-0.2, -0.15) is 0 Å². The zero-order chi connectivity index (χ0) is 18.5. The highest BCUT2D eigenvalue weighted by atomic mass is 16.1. The van der Waals surface area contributed by atoms with Gasteiger partial charge in [0, 0.05) is 24.5 Å². The summed E-state index contributed by atoms with van der Waals surface area (Å²) in [4.78, 5) is 30.4. The molecule has 0 fully saturated rings. The zero-order valence-corrected chi connectivity index (χ0v) is 14.6. The van der Waals surface area contributed by atoms with Gasteiger partial charge in [-0.15, -0.1) is 0 Å². The SMILES string of the molecule is CC(=O)c1ccccc1NC(=O)c1ccc(N(C)c2ccccc2)nc1. The molecule has 0 radical (unpaired) electrons. The van der Waals surface area contributed by atoms with Crippen molar-refractivity contribution in [2.45, 2.75) is 6.92 Å². The molecule has 5 heteroatoms. The number of aromatic nitrogens is 1. The number of carbonyl (C=O) groups is 2. The second-order valence-electron chi connectivity index (χ2n) is 5.86. The van der Waals surface area contributed by atoms with Crippen LogP contribution in [0.5, 0.6) is 0 Å². The van der Waals surface area contributed by atoms with Crippen LogP contribution < -0.4 is 10.2 Å². The quantitative estimate of drug-likeness (QED) is 0.700. The molecule has 0 aliphatic rings. The summed E-state index contributed by atoms with van der Waals surface area (Å²) in [7, 11) is 1.92. The molecule has 130 valence electrons. The van der Waals surface area contributed by atoms with E-state index in [-0.39, 0.29) is 11.7 Å². The molecule has 2 aromatic carbocycles. The van der Waals surface area contributed by atoms with Crippen LogP contribution in [0.1, 0.15) is 27.6 Å². The van der Waals surface area contributed by atoms with Gasteiger partial charge in [0.2, 0.25) is 0 Å². The number of Topliss-reactive ketones (excluding diaryl/α,β-unsaturated/α-hetero) is 1. The summed E-state index contributed by atoms with van der Waals surface area (Å²) in [5, 5.41) is 2.78. The molecule has 0 aliphatic heterocycles. The van der Waals surface area contributed by atoms with E-state index in [0.29, 0.717) is 16.8 Å². The molecule has 0 saturated carbocycles. The molecule has 1 heterocycles. The molecule has 1 aromatic heterocycles. The van der Waals surface area contributed by atoms with E-state index in [2.05, 4.69) is 10.3 Å². The van der Waals surface area contributed by atoms with Gasteiger partial charge in [-0.3, -0.25) is 9.59 Å². The van der Waals surface area contributed by atoms with Crippen LogP contribution in [-0.2, 0) is 0 Å². The average Bonchev–Trinajstić information content (AvgIpc) is 2.68. The Labute approximate surface area is 152 Å². The van der Waals surface area contributed by atoms with E-state index < -0.39 is 0 Å². The second-order valence-corrected chi connectivity index (χ2v) is 5.86. The molecular weight excluding hydrogens is 326 g/mol. The Morgan fingerprint density at radius 3 is 2.27 bits per heavy atom. The van der Waals surface area contributed by atoms with Gasteiger partial charge < -0.3 is 10.2 Å². The van der Waals surface area contributed by atoms with Gasteiger partial charge in [0.1, 0.15) is 5.82 Å². The van der Waals surface area contributed by atoms with E-state index in [9.17, 15) is 9.59 Å². The first-order valence-electron chi connectivity index (χ1n) is 8.22. The third-order valence-electron chi connectivity index (χ3n) is 4.05. The van der Waals surface area contributed by atoms with Gasteiger partial charge >= 0.3 is 0 Å². The number of carbonyl (C=O) groups excluding carboxylic acids is 2. The van der Waals surface area contributed by atoms with Crippen LogP contribution in [0.2, 0.25) is 0 Å². The van der Waals surface area contributed by atoms with Gasteiger partial charge in [0.15, 0.2) is 5.78 Å². The standard InChI is InChI=1S/C21H19N3O2/c1-15(25)18-10-6-7-11-19(18)23-21(26)16-12-13-20(22-14-16)24(2)17-8-4-3-5-9-17/h3-14H,1-2H3,(H,23,26). The van der Waals surface area contributed by atoms with Crippen LogP contribution in [0.25, 0.3) is 0 Å². The van der Waals surface area contributed by atoms with Gasteiger partial charge in [-0.05, 0) is 43.3 Å². The maximum atomic E-state index is 12.5. The summed E-state index contributed by atoms with van der Waals surface area (Å²) in [6.07, 6.45) is 1.53. The Morgan fingerprint density at radius 1 is 0.923 bits per heavy atom. The molecule has 5 nitrogen and oxygen atoms in total. The fourth-order valence-corrected chi connectivity index (χ4v) is 2.60. The van der Waals surface area contributed by atoms with Crippen molar-refractivity contribution < 1.29 is 9.59 Å². The largest absolute Gasteiger partial charge is 0.329 e. The van der Waals surface area contributed by atoms with E-state index in [0.717, 1.165) is 11.5 Å². The third kappa shape index (κ3) is 3.78. The van der Waals surface area contributed by atoms with E-state index in [4.69, 9.17) is 0 Å². The van der Waals surface area contributed by atoms with Crippen LogP contribution >= 0.6 is 0 Å². The lowest BCUT2D eigenvalue weighted by atomic mass is 10.1. The first-order valence-corrected chi connectivity index (χ1v) is 8.22. The van der Waals surface area contributed by atoms with Crippen LogP contribution in [0.4, 0.5) is 17.2 Å². The van der Waals surface area contributed by atoms with Gasteiger partial charge in [-0.25, -0.2) is 4.98 Å². The van der Waals surface area contributed by atoms with E-state index >= 15 is 0 Å². The van der Waals surface area contributed by atoms with Crippen LogP contribution in [-0.4, -0.2) is 23.7 Å². The average molecular weight is 345 g/mol. The molecular formula is C21H19N3O2. The Hall–Kier alpha value is -3.47. The van der Waals surface area contributed by atoms with Crippen LogP contribution in [0.15, 0.2) is 72.9 Å². The van der Waals surface area contributed by atoms with Crippen molar-refractivity contribution in [3.05, 3.63) is 84.1 Å². The van der Waals surface area contributed by atoms with E-state index in [1.807, 2.05) is 42.3 Å². The Balaban J connectivity index is 1.77. The lowest BCUT2D eigenvalue weighted by Gasteiger charge is -2.18. The summed E-state index contributed by atoms with van der Waals surface area (Å²) in [6.45, 7) is 1.47. The number of hydrogen-bond acceptors (Lipinski definition) is 4. The Kier molecular flexibility index (Phi) is 5.08. The third-order valence-corrected chi connectivity index (χ3v) is 4.05. The molecule has 3 rings (SSSR count). The van der Waals surface area contributed by atoms with Crippen LogP contribution in [0.3, 0.4) is 0 Å². The first-order chi connectivity index (χ1) is 12.6. The monoisotopic (exact) mass is 345 g/mol. The molecule has 26 heavy (non-hydrogen) atoms. The molecule has 0 bridgehead atoms. The number of pyridine rings is 1. The van der Waals surface area contributed by atoms with Crippen molar-refractivity contribution in [3.8, 4) is 0 Å². The highest BCUT2D eigenvalue weighted by molar-refractivity contribution is 6.08. The number of nitrogens with zero attached hydrogens (tertiary/aromatic N) is 2. The predicted molar refractivity (Wildman–Crippen MR) is 103 cm³/mol. The van der Waals surface area contributed by atoms with Crippen molar-refractivity contribution in [1.29, 1.82) is 0 Å². The number of nitrogens with one attached hydrogen (secondary N) is 1. The van der Waals surface area contributed by atoms with Gasteiger partial charge in [0.05, 0.1) is 11.3 Å². The smallest absolute Gasteiger partial charge is 0.257 e. The topological polar surface area (TPSA) is 62.3 Å². The predicted octanol–water partition coefficient (Wildman–Crippen LogP) is 4.30. The number of para-hydroxylation sites is 2. The molecule has 1 amide bonds. The number of ketones is 1.